The van der Waals surface area contributed by atoms with E-state index in [-0.39, 0.29) is 11.9 Å². The topological polar surface area (TPSA) is 113 Å². The molecule has 1 aliphatic heterocycles. The van der Waals surface area contributed by atoms with Crippen LogP contribution in [0.4, 0.5) is 5.95 Å². The van der Waals surface area contributed by atoms with Crippen LogP contribution in [-0.4, -0.2) is 48.3 Å². The number of amides is 1. The first-order valence-corrected chi connectivity index (χ1v) is 9.83. The van der Waals surface area contributed by atoms with Crippen molar-refractivity contribution in [1.82, 2.24) is 35.1 Å². The van der Waals surface area contributed by atoms with Crippen LogP contribution in [0.3, 0.4) is 0 Å². The summed E-state index contributed by atoms with van der Waals surface area (Å²) in [6.45, 7) is 4.59. The summed E-state index contributed by atoms with van der Waals surface area (Å²) in [4.78, 5) is 22.0. The van der Waals surface area contributed by atoms with Gasteiger partial charge in [0.2, 0.25) is 11.9 Å². The Morgan fingerprint density at radius 3 is 2.86 bits per heavy atom. The number of carbonyl (C=O) groups excluding carboxylic acids is 1. The standard InChI is InChI=1S/C20H22N8O/c1-11-16(12(2)26-25-11)17-24-18-13-7-3-4-8-14(13)22-20(28(18)27-17)23-15-9-5-6-10-21-19(15)29/h3-4,7-8,15H,5-6,9-10H2,1-2H3,(H,21,29)(H,22,23)(H,25,26)/t15-/m1/s1. The molecule has 4 aromatic rings. The normalized spacial score (nSPS) is 17.4. The Kier molecular flexibility index (Phi) is 4.15. The van der Waals surface area contributed by atoms with Crippen LogP contribution in [-0.2, 0) is 4.79 Å². The Bertz CT molecular complexity index is 1200. The minimum absolute atomic E-state index is 0.00697. The van der Waals surface area contributed by atoms with Gasteiger partial charge in [-0.25, -0.2) is 9.97 Å². The summed E-state index contributed by atoms with van der Waals surface area (Å²) in [6, 6.07) is 7.47. The SMILES string of the molecule is Cc1n[nH]c(C)c1-c1nc2c3ccccc3nc(N[C@@H]3CCCCNC3=O)n2n1. The lowest BCUT2D eigenvalue weighted by Gasteiger charge is -2.16. The molecule has 3 N–H and O–H groups in total. The molecule has 5 rings (SSSR count). The number of aromatic amines is 1. The average molecular weight is 390 g/mol. The van der Waals surface area contributed by atoms with Crippen LogP contribution in [0.25, 0.3) is 27.9 Å². The van der Waals surface area contributed by atoms with Crippen molar-refractivity contribution in [3.05, 3.63) is 35.7 Å². The van der Waals surface area contributed by atoms with Gasteiger partial charge in [0.25, 0.3) is 0 Å². The minimum atomic E-state index is -0.348. The molecule has 0 saturated carbocycles. The molecule has 0 spiro atoms. The number of H-pyrrole nitrogens is 1. The van der Waals surface area contributed by atoms with Crippen molar-refractivity contribution in [3.8, 4) is 11.4 Å². The van der Waals surface area contributed by atoms with Crippen molar-refractivity contribution in [2.75, 3.05) is 11.9 Å². The summed E-state index contributed by atoms with van der Waals surface area (Å²) >= 11 is 0. The first kappa shape index (κ1) is 17.6. The third kappa shape index (κ3) is 2.98. The highest BCUT2D eigenvalue weighted by Crippen LogP contribution is 2.27. The molecule has 4 heterocycles. The summed E-state index contributed by atoms with van der Waals surface area (Å²) in [5.41, 5.74) is 4.14. The highest BCUT2D eigenvalue weighted by molar-refractivity contribution is 5.93. The zero-order chi connectivity index (χ0) is 20.0. The first-order valence-electron chi connectivity index (χ1n) is 9.83. The molecule has 3 aromatic heterocycles. The van der Waals surface area contributed by atoms with E-state index in [1.54, 1.807) is 4.52 Å². The van der Waals surface area contributed by atoms with Crippen LogP contribution < -0.4 is 10.6 Å². The zero-order valence-electron chi connectivity index (χ0n) is 16.4. The van der Waals surface area contributed by atoms with E-state index in [1.807, 2.05) is 38.1 Å². The lowest BCUT2D eigenvalue weighted by atomic mass is 10.1. The second-order valence-corrected chi connectivity index (χ2v) is 7.42. The van der Waals surface area contributed by atoms with Crippen LogP contribution in [0.2, 0.25) is 0 Å². The van der Waals surface area contributed by atoms with Crippen molar-refractivity contribution < 1.29 is 4.79 Å². The summed E-state index contributed by atoms with van der Waals surface area (Å²) in [5.74, 6) is 1.09. The van der Waals surface area contributed by atoms with Crippen LogP contribution in [0, 0.1) is 13.8 Å². The van der Waals surface area contributed by atoms with Crippen LogP contribution >= 0.6 is 0 Å². The highest BCUT2D eigenvalue weighted by atomic mass is 16.2. The number of carbonyl (C=O) groups is 1. The Balaban J connectivity index is 1.69. The van der Waals surface area contributed by atoms with Gasteiger partial charge in [-0.2, -0.15) is 9.61 Å². The fraction of sp³-hybridized carbons (Fsp3) is 0.350. The number of rotatable bonds is 3. The number of hydrogen-bond acceptors (Lipinski definition) is 6. The van der Waals surface area contributed by atoms with Gasteiger partial charge in [-0.05, 0) is 45.2 Å². The molecule has 0 unspecified atom stereocenters. The predicted octanol–water partition coefficient (Wildman–Crippen LogP) is 2.37. The fourth-order valence-corrected chi connectivity index (χ4v) is 3.87. The Morgan fingerprint density at radius 1 is 1.17 bits per heavy atom. The minimum Gasteiger partial charge on any atom is -0.354 e. The van der Waals surface area contributed by atoms with Gasteiger partial charge < -0.3 is 10.6 Å². The Hall–Kier alpha value is -3.49. The van der Waals surface area contributed by atoms with Gasteiger partial charge in [0.1, 0.15) is 6.04 Å². The number of aromatic nitrogens is 6. The number of nitrogens with one attached hydrogen (secondary N) is 3. The third-order valence-electron chi connectivity index (χ3n) is 5.37. The molecular weight excluding hydrogens is 368 g/mol. The molecule has 9 heteroatoms. The Labute approximate surface area is 166 Å². The highest BCUT2D eigenvalue weighted by Gasteiger charge is 2.24. The molecule has 0 radical (unpaired) electrons. The summed E-state index contributed by atoms with van der Waals surface area (Å²) in [6.07, 6.45) is 2.71. The molecular formula is C20H22N8O. The van der Waals surface area contributed by atoms with E-state index in [9.17, 15) is 4.79 Å². The second-order valence-electron chi connectivity index (χ2n) is 7.42. The predicted molar refractivity (Wildman–Crippen MR) is 110 cm³/mol. The molecule has 9 nitrogen and oxygen atoms in total. The molecule has 1 atom stereocenters. The van der Waals surface area contributed by atoms with Crippen LogP contribution in [0.15, 0.2) is 24.3 Å². The van der Waals surface area contributed by atoms with E-state index in [0.29, 0.717) is 24.0 Å². The number of anilines is 1. The number of para-hydroxylation sites is 1. The largest absolute Gasteiger partial charge is 0.354 e. The van der Waals surface area contributed by atoms with E-state index >= 15 is 0 Å². The molecule has 1 aliphatic rings. The van der Waals surface area contributed by atoms with E-state index < -0.39 is 0 Å². The van der Waals surface area contributed by atoms with Gasteiger partial charge >= 0.3 is 0 Å². The lowest BCUT2D eigenvalue weighted by Crippen LogP contribution is -2.38. The zero-order valence-corrected chi connectivity index (χ0v) is 16.4. The molecule has 29 heavy (non-hydrogen) atoms. The number of fused-ring (bicyclic) bond motifs is 3. The summed E-state index contributed by atoms with van der Waals surface area (Å²) in [7, 11) is 0. The lowest BCUT2D eigenvalue weighted by molar-refractivity contribution is -0.121. The van der Waals surface area contributed by atoms with E-state index in [2.05, 4.69) is 20.8 Å². The number of aryl methyl sites for hydroxylation is 2. The molecule has 148 valence electrons. The maximum absolute atomic E-state index is 12.4. The van der Waals surface area contributed by atoms with E-state index in [0.717, 1.165) is 47.1 Å². The molecule has 1 amide bonds. The number of hydrogen-bond donors (Lipinski definition) is 3. The maximum atomic E-state index is 12.4. The van der Waals surface area contributed by atoms with Gasteiger partial charge in [0.15, 0.2) is 11.5 Å². The molecule has 0 aliphatic carbocycles. The Morgan fingerprint density at radius 2 is 2.03 bits per heavy atom. The van der Waals surface area contributed by atoms with E-state index in [4.69, 9.17) is 15.1 Å². The molecule has 1 fully saturated rings. The van der Waals surface area contributed by atoms with Crippen molar-refractivity contribution in [2.45, 2.75) is 39.2 Å². The fourth-order valence-electron chi connectivity index (χ4n) is 3.87. The summed E-state index contributed by atoms with van der Waals surface area (Å²) < 4.78 is 1.70. The smallest absolute Gasteiger partial charge is 0.242 e. The third-order valence-corrected chi connectivity index (χ3v) is 5.37. The average Bonchev–Trinajstić information content (AvgIpc) is 3.23. The van der Waals surface area contributed by atoms with E-state index in [1.165, 1.54) is 0 Å². The van der Waals surface area contributed by atoms with Gasteiger partial charge in [-0.1, -0.05) is 12.1 Å². The second kappa shape index (κ2) is 6.84. The molecule has 1 saturated heterocycles. The number of nitrogens with zero attached hydrogens (tertiary/aromatic N) is 5. The van der Waals surface area contributed by atoms with Crippen LogP contribution in [0.1, 0.15) is 30.7 Å². The molecule has 0 bridgehead atoms. The van der Waals surface area contributed by atoms with Gasteiger partial charge in [0, 0.05) is 17.6 Å². The van der Waals surface area contributed by atoms with Crippen LogP contribution in [0.5, 0.6) is 0 Å². The first-order chi connectivity index (χ1) is 14.1. The summed E-state index contributed by atoms with van der Waals surface area (Å²) in [5, 5.41) is 19.1. The van der Waals surface area contributed by atoms with Crippen molar-refractivity contribution >= 4 is 28.4 Å². The van der Waals surface area contributed by atoms with Gasteiger partial charge in [-0.15, -0.1) is 5.10 Å². The van der Waals surface area contributed by atoms with Crippen molar-refractivity contribution in [2.24, 2.45) is 0 Å². The van der Waals surface area contributed by atoms with Gasteiger partial charge in [-0.3, -0.25) is 9.89 Å². The monoisotopic (exact) mass is 390 g/mol. The van der Waals surface area contributed by atoms with Crippen molar-refractivity contribution in [3.63, 3.8) is 0 Å². The van der Waals surface area contributed by atoms with Crippen molar-refractivity contribution in [1.29, 1.82) is 0 Å². The quantitative estimate of drug-likeness (QED) is 0.495. The maximum Gasteiger partial charge on any atom is 0.242 e. The van der Waals surface area contributed by atoms with Gasteiger partial charge in [0.05, 0.1) is 16.8 Å². The molecule has 1 aromatic carbocycles. The number of benzene rings is 1.